The Morgan fingerprint density at radius 2 is 1.88 bits per heavy atom. The van der Waals surface area contributed by atoms with Crippen molar-refractivity contribution in [1.29, 1.82) is 0 Å². The molecule has 1 aliphatic carbocycles. The molecule has 1 aromatic rings. The van der Waals surface area contributed by atoms with Crippen molar-refractivity contribution in [2.45, 2.75) is 32.3 Å². The van der Waals surface area contributed by atoms with Crippen molar-refractivity contribution in [2.24, 2.45) is 5.92 Å². The van der Waals surface area contributed by atoms with Gasteiger partial charge in [0.05, 0.1) is 18.2 Å². The highest BCUT2D eigenvalue weighted by Gasteiger charge is 2.29. The lowest BCUT2D eigenvalue weighted by Gasteiger charge is -2.24. The van der Waals surface area contributed by atoms with Gasteiger partial charge in [0.15, 0.2) is 23.6 Å². The summed E-state index contributed by atoms with van der Waals surface area (Å²) in [6.07, 6.45) is 1.33. The van der Waals surface area contributed by atoms with Gasteiger partial charge in [-0.2, -0.15) is 0 Å². The van der Waals surface area contributed by atoms with Crippen molar-refractivity contribution < 1.29 is 32.3 Å². The van der Waals surface area contributed by atoms with Crippen LogP contribution in [-0.4, -0.2) is 30.4 Å². The summed E-state index contributed by atoms with van der Waals surface area (Å²) >= 11 is 0. The number of benzene rings is 1. The van der Waals surface area contributed by atoms with E-state index in [2.05, 4.69) is 5.32 Å². The Hall–Kier alpha value is -2.58. The monoisotopic (exact) mass is 358 g/mol. The van der Waals surface area contributed by atoms with Gasteiger partial charge in [-0.3, -0.25) is 14.4 Å². The zero-order chi connectivity index (χ0) is 18.6. The maximum atomic E-state index is 13.4. The zero-order valence-corrected chi connectivity index (χ0v) is 13.4. The highest BCUT2D eigenvalue weighted by atomic mass is 19.2. The molecular formula is C16H17F3N2O4. The van der Waals surface area contributed by atoms with E-state index in [1.54, 1.807) is 0 Å². The third-order valence-corrected chi connectivity index (χ3v) is 3.83. The van der Waals surface area contributed by atoms with Gasteiger partial charge in [0.25, 0.3) is 5.91 Å². The van der Waals surface area contributed by atoms with Crippen LogP contribution in [0.3, 0.4) is 0 Å². The number of carbonyl (C=O) groups is 3. The Morgan fingerprint density at radius 3 is 2.48 bits per heavy atom. The first-order chi connectivity index (χ1) is 11.8. The second kappa shape index (κ2) is 8.00. The largest absolute Gasteiger partial charge is 0.452 e. The Labute approximate surface area is 141 Å². The van der Waals surface area contributed by atoms with Crippen LogP contribution in [0, 0.1) is 23.4 Å². The van der Waals surface area contributed by atoms with Crippen LogP contribution in [0.5, 0.6) is 0 Å². The van der Waals surface area contributed by atoms with Gasteiger partial charge in [0.1, 0.15) is 0 Å². The fraction of sp³-hybridized carbons (Fsp3) is 0.438. The normalized spacial score (nSPS) is 15.0. The molecule has 2 amide bonds. The minimum Gasteiger partial charge on any atom is -0.452 e. The number of hydrogen-bond acceptors (Lipinski definition) is 4. The topological polar surface area (TPSA) is 84.5 Å². The second-order valence-corrected chi connectivity index (χ2v) is 5.70. The fourth-order valence-corrected chi connectivity index (χ4v) is 2.10. The summed E-state index contributed by atoms with van der Waals surface area (Å²) in [5.74, 6) is -6.83. The number of nitrogens with one attached hydrogen (secondary N) is 2. The molecule has 2 N–H and O–H groups in total. The number of anilines is 1. The van der Waals surface area contributed by atoms with E-state index in [4.69, 9.17) is 4.74 Å². The Morgan fingerprint density at radius 1 is 1.20 bits per heavy atom. The van der Waals surface area contributed by atoms with Gasteiger partial charge in [0, 0.05) is 0 Å². The van der Waals surface area contributed by atoms with Crippen molar-refractivity contribution in [3.05, 3.63) is 29.6 Å². The summed E-state index contributed by atoms with van der Waals surface area (Å²) in [7, 11) is 0. The predicted octanol–water partition coefficient (Wildman–Crippen LogP) is 1.89. The number of rotatable bonds is 6. The van der Waals surface area contributed by atoms with E-state index in [1.165, 1.54) is 6.92 Å². The summed E-state index contributed by atoms with van der Waals surface area (Å²) in [4.78, 5) is 35.1. The molecule has 0 aromatic heterocycles. The number of esters is 1. The van der Waals surface area contributed by atoms with Crippen molar-refractivity contribution in [3.63, 3.8) is 0 Å². The first kappa shape index (κ1) is 18.8. The number of carbonyl (C=O) groups excluding carboxylic acids is 3. The zero-order valence-electron chi connectivity index (χ0n) is 13.4. The van der Waals surface area contributed by atoms with E-state index < -0.39 is 53.6 Å². The molecule has 2 rings (SSSR count). The number of ether oxygens (including phenoxy) is 1. The van der Waals surface area contributed by atoms with Crippen LogP contribution in [-0.2, 0) is 19.1 Å². The van der Waals surface area contributed by atoms with Crippen LogP contribution in [0.25, 0.3) is 0 Å². The van der Waals surface area contributed by atoms with E-state index >= 15 is 0 Å². The van der Waals surface area contributed by atoms with Gasteiger partial charge in [-0.1, -0.05) is 6.42 Å². The van der Waals surface area contributed by atoms with Gasteiger partial charge >= 0.3 is 5.97 Å². The van der Waals surface area contributed by atoms with Crippen LogP contribution in [0.15, 0.2) is 12.1 Å². The molecule has 0 aliphatic heterocycles. The lowest BCUT2D eigenvalue weighted by molar-refractivity contribution is -0.161. The van der Waals surface area contributed by atoms with E-state index in [-0.39, 0.29) is 5.92 Å². The van der Waals surface area contributed by atoms with E-state index in [0.717, 1.165) is 25.3 Å². The van der Waals surface area contributed by atoms with Crippen LogP contribution >= 0.6 is 0 Å². The summed E-state index contributed by atoms with van der Waals surface area (Å²) < 4.78 is 44.3. The highest BCUT2D eigenvalue weighted by molar-refractivity contribution is 5.95. The van der Waals surface area contributed by atoms with Gasteiger partial charge in [0.2, 0.25) is 5.91 Å². The third-order valence-electron chi connectivity index (χ3n) is 3.83. The van der Waals surface area contributed by atoms with Gasteiger partial charge < -0.3 is 15.4 Å². The Bertz CT molecular complexity index is 692. The average molecular weight is 358 g/mol. The van der Waals surface area contributed by atoms with E-state index in [9.17, 15) is 27.6 Å². The van der Waals surface area contributed by atoms with Crippen LogP contribution in [0.2, 0.25) is 0 Å². The maximum absolute atomic E-state index is 13.4. The molecule has 0 radical (unpaired) electrons. The quantitative estimate of drug-likeness (QED) is 0.601. The summed E-state index contributed by atoms with van der Waals surface area (Å²) in [6, 6.07) is 1.52. The molecule has 136 valence electrons. The number of amides is 2. The molecule has 0 bridgehead atoms. The molecular weight excluding hydrogens is 341 g/mol. The van der Waals surface area contributed by atoms with Crippen LogP contribution in [0.4, 0.5) is 18.9 Å². The standard InChI is InChI=1S/C16H17F3N2O4/c1-8(25-16(24)9-3-2-4-9)15(23)20-7-12(22)21-11-6-5-10(17)13(18)14(11)19/h5-6,8-9H,2-4,7H2,1H3,(H,20,23)(H,21,22). The first-order valence-electron chi connectivity index (χ1n) is 7.71. The molecule has 0 spiro atoms. The minimum absolute atomic E-state index is 0.185. The number of halogens is 3. The summed E-state index contributed by atoms with van der Waals surface area (Å²) in [6.45, 7) is 0.807. The predicted molar refractivity (Wildman–Crippen MR) is 80.9 cm³/mol. The smallest absolute Gasteiger partial charge is 0.309 e. The van der Waals surface area contributed by atoms with Crippen LogP contribution < -0.4 is 10.6 Å². The molecule has 25 heavy (non-hydrogen) atoms. The van der Waals surface area contributed by atoms with Crippen molar-refractivity contribution in [1.82, 2.24) is 5.32 Å². The second-order valence-electron chi connectivity index (χ2n) is 5.70. The summed E-state index contributed by atoms with van der Waals surface area (Å²) in [5.41, 5.74) is -0.553. The van der Waals surface area contributed by atoms with E-state index in [1.807, 2.05) is 5.32 Å². The van der Waals surface area contributed by atoms with Crippen molar-refractivity contribution >= 4 is 23.5 Å². The minimum atomic E-state index is -1.71. The first-order valence-corrected chi connectivity index (χ1v) is 7.71. The maximum Gasteiger partial charge on any atom is 0.309 e. The SMILES string of the molecule is CC(OC(=O)C1CCC1)C(=O)NCC(=O)Nc1ccc(F)c(F)c1F. The van der Waals surface area contributed by atoms with Gasteiger partial charge in [-0.15, -0.1) is 0 Å². The molecule has 0 heterocycles. The average Bonchev–Trinajstić information content (AvgIpc) is 2.51. The van der Waals surface area contributed by atoms with Gasteiger partial charge in [-0.25, -0.2) is 13.2 Å². The lowest BCUT2D eigenvalue weighted by Crippen LogP contribution is -2.41. The van der Waals surface area contributed by atoms with Crippen LogP contribution in [0.1, 0.15) is 26.2 Å². The van der Waals surface area contributed by atoms with Crippen molar-refractivity contribution in [2.75, 3.05) is 11.9 Å². The van der Waals surface area contributed by atoms with Gasteiger partial charge in [-0.05, 0) is 31.9 Å². The molecule has 6 nitrogen and oxygen atoms in total. The number of hydrogen-bond donors (Lipinski definition) is 2. The third kappa shape index (κ3) is 4.71. The molecule has 1 atom stereocenters. The Balaban J connectivity index is 1.80. The lowest BCUT2D eigenvalue weighted by atomic mass is 9.86. The fourth-order valence-electron chi connectivity index (χ4n) is 2.10. The molecule has 1 saturated carbocycles. The van der Waals surface area contributed by atoms with Crippen molar-refractivity contribution in [3.8, 4) is 0 Å². The molecule has 9 heteroatoms. The Kier molecular flexibility index (Phi) is 6.00. The molecule has 1 aromatic carbocycles. The summed E-state index contributed by atoms with van der Waals surface area (Å²) in [5, 5.41) is 4.22. The molecule has 1 fully saturated rings. The molecule has 1 unspecified atom stereocenters. The van der Waals surface area contributed by atoms with E-state index in [0.29, 0.717) is 6.07 Å². The highest BCUT2D eigenvalue weighted by Crippen LogP contribution is 2.27. The molecule has 1 aliphatic rings. The molecule has 0 saturated heterocycles.